The van der Waals surface area contributed by atoms with E-state index in [2.05, 4.69) is 5.32 Å². The molecular weight excluding hydrogens is 496 g/mol. The van der Waals surface area contributed by atoms with Crippen LogP contribution in [-0.4, -0.2) is 23.3 Å². The highest BCUT2D eigenvalue weighted by atomic mass is 16.3. The molecule has 0 fully saturated rings. The number of benzene rings is 4. The van der Waals surface area contributed by atoms with Crippen LogP contribution in [0.25, 0.3) is 11.3 Å². The molecule has 0 saturated carbocycles. The van der Waals surface area contributed by atoms with E-state index in [0.29, 0.717) is 30.8 Å². The van der Waals surface area contributed by atoms with Gasteiger partial charge in [-0.05, 0) is 48.4 Å². The van der Waals surface area contributed by atoms with E-state index in [-0.39, 0.29) is 11.8 Å². The van der Waals surface area contributed by atoms with Gasteiger partial charge in [0.1, 0.15) is 11.5 Å². The summed E-state index contributed by atoms with van der Waals surface area (Å²) in [6.45, 7) is 3.14. The van der Waals surface area contributed by atoms with E-state index in [1.807, 2.05) is 127 Å². The van der Waals surface area contributed by atoms with Gasteiger partial charge in [0.2, 0.25) is 5.91 Å². The van der Waals surface area contributed by atoms with Crippen molar-refractivity contribution in [3.8, 4) is 11.3 Å². The van der Waals surface area contributed by atoms with Gasteiger partial charge in [-0.1, -0.05) is 90.5 Å². The number of furan rings is 1. The van der Waals surface area contributed by atoms with E-state index in [1.54, 1.807) is 0 Å². The Morgan fingerprint density at radius 3 is 2.15 bits per heavy atom. The van der Waals surface area contributed by atoms with Gasteiger partial charge in [0.25, 0.3) is 5.91 Å². The number of hydrogen-bond acceptors (Lipinski definition) is 3. The molecule has 1 N–H and O–H groups in total. The molecule has 2 heterocycles. The van der Waals surface area contributed by atoms with Crippen molar-refractivity contribution in [2.45, 2.75) is 25.8 Å². The Morgan fingerprint density at radius 1 is 0.800 bits per heavy atom. The minimum Gasteiger partial charge on any atom is -0.461 e. The fourth-order valence-electron chi connectivity index (χ4n) is 5.28. The van der Waals surface area contributed by atoms with Gasteiger partial charge in [-0.3, -0.25) is 9.59 Å². The van der Waals surface area contributed by atoms with Crippen LogP contribution in [0.2, 0.25) is 0 Å². The zero-order chi connectivity index (χ0) is 27.5. The molecule has 1 aromatic heterocycles. The third-order valence-corrected chi connectivity index (χ3v) is 7.39. The summed E-state index contributed by atoms with van der Waals surface area (Å²) in [7, 11) is 0. The van der Waals surface area contributed by atoms with Crippen molar-refractivity contribution < 1.29 is 14.0 Å². The quantitative estimate of drug-likeness (QED) is 0.254. The molecule has 1 aliphatic heterocycles. The molecular formula is C35H30N2O3. The van der Waals surface area contributed by atoms with Crippen molar-refractivity contribution in [3.05, 3.63) is 149 Å². The fraction of sp³-hybridized carbons (Fsp3) is 0.143. The van der Waals surface area contributed by atoms with E-state index in [1.165, 1.54) is 0 Å². The molecule has 0 spiro atoms. The lowest BCUT2D eigenvalue weighted by Crippen LogP contribution is -2.35. The van der Waals surface area contributed by atoms with Crippen LogP contribution in [0.15, 0.2) is 120 Å². The minimum absolute atomic E-state index is 0.0319. The van der Waals surface area contributed by atoms with Crippen molar-refractivity contribution in [1.82, 2.24) is 4.90 Å². The molecule has 4 aromatic carbocycles. The monoisotopic (exact) mass is 526 g/mol. The molecule has 0 aliphatic carbocycles. The normalized spacial score (nSPS) is 12.7. The second kappa shape index (κ2) is 11.1. The summed E-state index contributed by atoms with van der Waals surface area (Å²) in [5.41, 5.74) is 6.29. The summed E-state index contributed by atoms with van der Waals surface area (Å²) in [6, 6.07) is 37.1. The number of hydrogen-bond donors (Lipinski definition) is 1. The summed E-state index contributed by atoms with van der Waals surface area (Å²) >= 11 is 0. The SMILES string of the molecule is Cc1ccc(C(=O)N2CCc3oc(-c4cccc(NC(=O)C(c5ccccc5)c5ccccc5)c4)cc3C2)cc1. The third-order valence-electron chi connectivity index (χ3n) is 7.39. The Balaban J connectivity index is 1.21. The zero-order valence-corrected chi connectivity index (χ0v) is 22.3. The van der Waals surface area contributed by atoms with E-state index in [9.17, 15) is 9.59 Å². The average Bonchev–Trinajstić information content (AvgIpc) is 3.42. The van der Waals surface area contributed by atoms with Crippen LogP contribution in [0, 0.1) is 6.92 Å². The van der Waals surface area contributed by atoms with Gasteiger partial charge in [-0.2, -0.15) is 0 Å². The molecule has 0 atom stereocenters. The van der Waals surface area contributed by atoms with Crippen LogP contribution in [0.5, 0.6) is 0 Å². The largest absolute Gasteiger partial charge is 0.461 e. The standard InChI is InChI=1S/C35H30N2O3/c1-24-15-17-27(18-16-24)35(39)37-20-19-31-29(23-37)22-32(40-31)28-13-8-14-30(21-28)36-34(38)33(25-9-4-2-5-10-25)26-11-6-3-7-12-26/h2-18,21-22,33H,19-20,23H2,1H3,(H,36,38). The van der Waals surface area contributed by atoms with Crippen molar-refractivity contribution in [2.24, 2.45) is 0 Å². The summed E-state index contributed by atoms with van der Waals surface area (Å²) in [4.78, 5) is 28.5. The first-order valence-corrected chi connectivity index (χ1v) is 13.5. The van der Waals surface area contributed by atoms with E-state index >= 15 is 0 Å². The van der Waals surface area contributed by atoms with Gasteiger partial charge < -0.3 is 14.6 Å². The molecule has 0 unspecified atom stereocenters. The van der Waals surface area contributed by atoms with Gasteiger partial charge in [0, 0.05) is 41.9 Å². The third kappa shape index (κ3) is 5.32. The fourth-order valence-corrected chi connectivity index (χ4v) is 5.28. The predicted molar refractivity (Wildman–Crippen MR) is 157 cm³/mol. The second-order valence-electron chi connectivity index (χ2n) is 10.2. The number of fused-ring (bicyclic) bond motifs is 1. The van der Waals surface area contributed by atoms with Crippen molar-refractivity contribution in [1.29, 1.82) is 0 Å². The number of nitrogens with one attached hydrogen (secondary N) is 1. The molecule has 40 heavy (non-hydrogen) atoms. The number of anilines is 1. The van der Waals surface area contributed by atoms with E-state index in [4.69, 9.17) is 4.42 Å². The second-order valence-corrected chi connectivity index (χ2v) is 10.2. The highest BCUT2D eigenvalue weighted by Crippen LogP contribution is 2.32. The van der Waals surface area contributed by atoms with Gasteiger partial charge >= 0.3 is 0 Å². The first kappa shape index (κ1) is 25.4. The number of carbonyl (C=O) groups excluding carboxylic acids is 2. The number of rotatable bonds is 6. The number of carbonyl (C=O) groups is 2. The van der Waals surface area contributed by atoms with E-state index in [0.717, 1.165) is 39.3 Å². The highest BCUT2D eigenvalue weighted by Gasteiger charge is 2.26. The number of aryl methyl sites for hydroxylation is 1. The Morgan fingerprint density at radius 2 is 1.48 bits per heavy atom. The number of amides is 2. The van der Waals surface area contributed by atoms with Crippen molar-refractivity contribution >= 4 is 17.5 Å². The lowest BCUT2D eigenvalue weighted by Gasteiger charge is -2.26. The van der Waals surface area contributed by atoms with Gasteiger partial charge in [0.15, 0.2) is 0 Å². The first-order valence-electron chi connectivity index (χ1n) is 13.5. The molecule has 0 bridgehead atoms. The predicted octanol–water partition coefficient (Wildman–Crippen LogP) is 7.22. The van der Waals surface area contributed by atoms with Crippen LogP contribution >= 0.6 is 0 Å². The lowest BCUT2D eigenvalue weighted by atomic mass is 9.90. The molecule has 1 aliphatic rings. The topological polar surface area (TPSA) is 62.6 Å². The smallest absolute Gasteiger partial charge is 0.254 e. The van der Waals surface area contributed by atoms with Crippen LogP contribution < -0.4 is 5.32 Å². The van der Waals surface area contributed by atoms with Crippen molar-refractivity contribution in [3.63, 3.8) is 0 Å². The van der Waals surface area contributed by atoms with Crippen LogP contribution in [0.3, 0.4) is 0 Å². The molecule has 5 heteroatoms. The van der Waals surface area contributed by atoms with Gasteiger partial charge in [0.05, 0.1) is 5.92 Å². The summed E-state index contributed by atoms with van der Waals surface area (Å²) in [5.74, 6) is 1.14. The molecule has 0 radical (unpaired) electrons. The maximum absolute atomic E-state index is 13.6. The van der Waals surface area contributed by atoms with Crippen LogP contribution in [0.4, 0.5) is 5.69 Å². The molecule has 6 rings (SSSR count). The summed E-state index contributed by atoms with van der Waals surface area (Å²) in [6.07, 6.45) is 0.666. The Bertz CT molecular complexity index is 1600. The zero-order valence-electron chi connectivity index (χ0n) is 22.3. The van der Waals surface area contributed by atoms with Crippen LogP contribution in [-0.2, 0) is 17.8 Å². The average molecular weight is 527 g/mol. The first-order chi connectivity index (χ1) is 19.5. The molecule has 0 saturated heterocycles. The maximum atomic E-state index is 13.6. The lowest BCUT2D eigenvalue weighted by molar-refractivity contribution is -0.116. The minimum atomic E-state index is -0.431. The molecule has 5 nitrogen and oxygen atoms in total. The molecule has 198 valence electrons. The Kier molecular flexibility index (Phi) is 7.02. The van der Waals surface area contributed by atoms with Gasteiger partial charge in [-0.15, -0.1) is 0 Å². The molecule has 5 aromatic rings. The molecule has 2 amide bonds. The highest BCUT2D eigenvalue weighted by molar-refractivity contribution is 5.98. The summed E-state index contributed by atoms with van der Waals surface area (Å²) < 4.78 is 6.24. The van der Waals surface area contributed by atoms with Crippen LogP contribution in [0.1, 0.15) is 44.3 Å². The Hall–Kier alpha value is -4.90. The maximum Gasteiger partial charge on any atom is 0.254 e. The van der Waals surface area contributed by atoms with E-state index < -0.39 is 5.92 Å². The van der Waals surface area contributed by atoms with Gasteiger partial charge in [-0.25, -0.2) is 0 Å². The Labute approximate surface area is 234 Å². The summed E-state index contributed by atoms with van der Waals surface area (Å²) in [5, 5.41) is 3.12. The van der Waals surface area contributed by atoms with Crippen molar-refractivity contribution in [2.75, 3.05) is 11.9 Å². The number of nitrogens with zero attached hydrogens (tertiary/aromatic N) is 1.